The van der Waals surface area contributed by atoms with Crippen LogP contribution in [0.3, 0.4) is 0 Å². The largest absolute Gasteiger partial charge is 0.417 e. The highest BCUT2D eigenvalue weighted by molar-refractivity contribution is 5.92. The van der Waals surface area contributed by atoms with Crippen LogP contribution in [0.2, 0.25) is 0 Å². The smallest absolute Gasteiger partial charge is 0.346 e. The number of carbonyl (C=O) groups is 1. The molecular weight excluding hydrogens is 319 g/mol. The average Bonchev–Trinajstić information content (AvgIpc) is 2.97. The molecule has 1 unspecified atom stereocenters. The summed E-state index contributed by atoms with van der Waals surface area (Å²) < 4.78 is 37.3. The van der Waals surface area contributed by atoms with Gasteiger partial charge in [0.2, 0.25) is 0 Å². The lowest BCUT2D eigenvalue weighted by atomic mass is 9.98. The van der Waals surface area contributed by atoms with E-state index in [-0.39, 0.29) is 24.1 Å². The molecule has 22 heavy (non-hydrogen) atoms. The van der Waals surface area contributed by atoms with Crippen LogP contribution in [0.4, 0.5) is 13.2 Å². The molecule has 0 aliphatic heterocycles. The van der Waals surface area contributed by atoms with Crippen LogP contribution in [-0.4, -0.2) is 23.5 Å². The number of hydrogen-bond acceptors (Lipinski definition) is 3. The second-order valence-corrected chi connectivity index (χ2v) is 5.29. The Bertz CT molecular complexity index is 487. The Morgan fingerprint density at radius 3 is 2.45 bits per heavy atom. The minimum atomic E-state index is -4.45. The number of halogens is 4. The fourth-order valence-electron chi connectivity index (χ4n) is 2.67. The summed E-state index contributed by atoms with van der Waals surface area (Å²) in [6, 6.07) is 1.79. The number of hydrogen-bond donors (Lipinski definition) is 2. The topological polar surface area (TPSA) is 68.0 Å². The summed E-state index contributed by atoms with van der Waals surface area (Å²) in [5.74, 6) is -0.139. The number of rotatable bonds is 4. The summed E-state index contributed by atoms with van der Waals surface area (Å²) in [5, 5.41) is 2.78. The zero-order valence-electron chi connectivity index (χ0n) is 11.9. The average molecular weight is 338 g/mol. The minimum absolute atomic E-state index is 0. The van der Waals surface area contributed by atoms with Crippen molar-refractivity contribution in [3.63, 3.8) is 0 Å². The highest BCUT2D eigenvalue weighted by atomic mass is 35.5. The third-order valence-corrected chi connectivity index (χ3v) is 3.86. The van der Waals surface area contributed by atoms with E-state index < -0.39 is 17.6 Å². The number of amides is 1. The van der Waals surface area contributed by atoms with Crippen molar-refractivity contribution < 1.29 is 18.0 Å². The lowest BCUT2D eigenvalue weighted by Crippen LogP contribution is -2.44. The molecule has 0 spiro atoms. The van der Waals surface area contributed by atoms with Gasteiger partial charge in [0.15, 0.2) is 0 Å². The number of pyridine rings is 1. The normalized spacial score (nSPS) is 16.9. The van der Waals surface area contributed by atoms with Gasteiger partial charge < -0.3 is 11.1 Å². The van der Waals surface area contributed by atoms with Gasteiger partial charge in [0.25, 0.3) is 5.91 Å². The van der Waals surface area contributed by atoms with Gasteiger partial charge in [-0.25, -0.2) is 0 Å². The van der Waals surface area contributed by atoms with E-state index in [1.165, 1.54) is 0 Å². The van der Waals surface area contributed by atoms with Gasteiger partial charge in [0.05, 0.1) is 5.56 Å². The monoisotopic (exact) mass is 337 g/mol. The van der Waals surface area contributed by atoms with Gasteiger partial charge in [-0.3, -0.25) is 9.78 Å². The molecule has 1 fully saturated rings. The van der Waals surface area contributed by atoms with Crippen molar-refractivity contribution in [1.82, 2.24) is 10.3 Å². The molecule has 8 heteroatoms. The Labute approximate surface area is 133 Å². The molecule has 0 saturated heterocycles. The number of nitrogens with one attached hydrogen (secondary N) is 1. The number of nitrogens with two attached hydrogens (primary N) is 1. The molecule has 1 aliphatic rings. The van der Waals surface area contributed by atoms with Crippen molar-refractivity contribution in [2.75, 3.05) is 6.54 Å². The highest BCUT2D eigenvalue weighted by Gasteiger charge is 2.31. The van der Waals surface area contributed by atoms with Crippen LogP contribution in [0.5, 0.6) is 0 Å². The Kier molecular flexibility index (Phi) is 6.62. The van der Waals surface area contributed by atoms with Crippen molar-refractivity contribution in [2.24, 2.45) is 11.7 Å². The standard InChI is InChI=1S/C14H18F3N3O.ClH/c15-14(16,17)10-5-6-11(19-8-10)13(21)20-12(7-18)9-3-1-2-4-9;/h5-6,8-9,12H,1-4,7,18H2,(H,20,21);1H. The summed E-state index contributed by atoms with van der Waals surface area (Å²) in [7, 11) is 0. The van der Waals surface area contributed by atoms with Crippen LogP contribution in [0, 0.1) is 5.92 Å². The number of aromatic nitrogens is 1. The summed E-state index contributed by atoms with van der Waals surface area (Å²) in [5.41, 5.74) is 4.78. The van der Waals surface area contributed by atoms with Gasteiger partial charge in [0, 0.05) is 18.8 Å². The highest BCUT2D eigenvalue weighted by Crippen LogP contribution is 2.29. The molecule has 1 aliphatic carbocycles. The van der Waals surface area contributed by atoms with Gasteiger partial charge >= 0.3 is 6.18 Å². The van der Waals surface area contributed by atoms with Crippen LogP contribution >= 0.6 is 12.4 Å². The van der Waals surface area contributed by atoms with Crippen molar-refractivity contribution in [3.05, 3.63) is 29.6 Å². The molecule has 3 N–H and O–H groups in total. The maximum atomic E-state index is 12.4. The summed E-state index contributed by atoms with van der Waals surface area (Å²) in [6.45, 7) is 0.317. The first-order valence-corrected chi connectivity index (χ1v) is 6.96. The van der Waals surface area contributed by atoms with E-state index in [4.69, 9.17) is 5.73 Å². The predicted molar refractivity (Wildman–Crippen MR) is 78.8 cm³/mol. The molecule has 1 aromatic heterocycles. The Morgan fingerprint density at radius 2 is 2.00 bits per heavy atom. The maximum Gasteiger partial charge on any atom is 0.417 e. The van der Waals surface area contributed by atoms with Crippen LogP contribution < -0.4 is 11.1 Å². The minimum Gasteiger partial charge on any atom is -0.346 e. The Morgan fingerprint density at radius 1 is 1.36 bits per heavy atom. The first-order chi connectivity index (χ1) is 9.91. The van der Waals surface area contributed by atoms with Crippen molar-refractivity contribution in [2.45, 2.75) is 37.9 Å². The molecule has 0 radical (unpaired) electrons. The number of nitrogens with zero attached hydrogens (tertiary/aromatic N) is 1. The Balaban J connectivity index is 0.00000242. The van der Waals surface area contributed by atoms with Gasteiger partial charge in [0.1, 0.15) is 5.69 Å². The van der Waals surface area contributed by atoms with Gasteiger partial charge in [-0.15, -0.1) is 12.4 Å². The third-order valence-electron chi connectivity index (χ3n) is 3.86. The zero-order chi connectivity index (χ0) is 15.5. The van der Waals surface area contributed by atoms with Crippen LogP contribution in [0.25, 0.3) is 0 Å². The summed E-state index contributed by atoms with van der Waals surface area (Å²) >= 11 is 0. The molecule has 1 aromatic rings. The molecule has 124 valence electrons. The fourth-order valence-corrected chi connectivity index (χ4v) is 2.67. The lowest BCUT2D eigenvalue weighted by molar-refractivity contribution is -0.137. The molecule has 0 aromatic carbocycles. The van der Waals surface area contributed by atoms with Gasteiger partial charge in [-0.1, -0.05) is 12.8 Å². The van der Waals surface area contributed by atoms with E-state index in [9.17, 15) is 18.0 Å². The summed E-state index contributed by atoms with van der Waals surface area (Å²) in [6.07, 6.45) is 0.490. The summed E-state index contributed by atoms with van der Waals surface area (Å²) in [4.78, 5) is 15.6. The van der Waals surface area contributed by atoms with Crippen LogP contribution in [0.15, 0.2) is 18.3 Å². The van der Waals surface area contributed by atoms with Crippen LogP contribution in [-0.2, 0) is 6.18 Å². The van der Waals surface area contributed by atoms with E-state index in [0.717, 1.165) is 37.8 Å². The third kappa shape index (κ3) is 4.58. The molecule has 1 heterocycles. The van der Waals surface area contributed by atoms with E-state index in [0.29, 0.717) is 18.7 Å². The second kappa shape index (κ2) is 7.78. The lowest BCUT2D eigenvalue weighted by Gasteiger charge is -2.22. The van der Waals surface area contributed by atoms with E-state index >= 15 is 0 Å². The zero-order valence-corrected chi connectivity index (χ0v) is 12.7. The second-order valence-electron chi connectivity index (χ2n) is 5.29. The quantitative estimate of drug-likeness (QED) is 0.887. The first kappa shape index (κ1) is 18.7. The predicted octanol–water partition coefficient (Wildman–Crippen LogP) is 2.77. The van der Waals surface area contributed by atoms with E-state index in [1.54, 1.807) is 0 Å². The van der Waals surface area contributed by atoms with Crippen molar-refractivity contribution >= 4 is 18.3 Å². The number of alkyl halides is 3. The van der Waals surface area contributed by atoms with Crippen molar-refractivity contribution in [1.29, 1.82) is 0 Å². The van der Waals surface area contributed by atoms with Gasteiger partial charge in [-0.2, -0.15) is 13.2 Å². The molecule has 1 atom stereocenters. The maximum absolute atomic E-state index is 12.4. The van der Waals surface area contributed by atoms with E-state index in [2.05, 4.69) is 10.3 Å². The SMILES string of the molecule is Cl.NCC(NC(=O)c1ccc(C(F)(F)F)cn1)C1CCCC1. The first-order valence-electron chi connectivity index (χ1n) is 6.96. The molecule has 1 amide bonds. The van der Waals surface area contributed by atoms with E-state index in [1.807, 2.05) is 0 Å². The van der Waals surface area contributed by atoms with Crippen molar-refractivity contribution in [3.8, 4) is 0 Å². The van der Waals surface area contributed by atoms with Crippen LogP contribution in [0.1, 0.15) is 41.7 Å². The molecular formula is C14H19ClF3N3O. The fraction of sp³-hybridized carbons (Fsp3) is 0.571. The molecule has 0 bridgehead atoms. The molecule has 2 rings (SSSR count). The molecule has 1 saturated carbocycles. The van der Waals surface area contributed by atoms with Gasteiger partial charge in [-0.05, 0) is 30.9 Å². The molecule has 4 nitrogen and oxygen atoms in total. The number of carbonyl (C=O) groups excluding carboxylic acids is 1. The Hall–Kier alpha value is -1.34.